The Morgan fingerprint density at radius 3 is 2.56 bits per heavy atom. The number of nitrogens with two attached hydrogens (primary N) is 1. The Morgan fingerprint density at radius 2 is 2.00 bits per heavy atom. The number of piperidine rings is 1. The second-order valence-corrected chi connectivity index (χ2v) is 6.32. The van der Waals surface area contributed by atoms with Crippen molar-refractivity contribution in [1.82, 2.24) is 9.97 Å². The summed E-state index contributed by atoms with van der Waals surface area (Å²) in [4.78, 5) is 21.4. The summed E-state index contributed by atoms with van der Waals surface area (Å²) in [5.74, 6) is 0.573. The molecule has 1 aliphatic heterocycles. The van der Waals surface area contributed by atoms with Crippen molar-refractivity contribution in [3.63, 3.8) is 0 Å². The van der Waals surface area contributed by atoms with Gasteiger partial charge in [-0.15, -0.1) is 0 Å². The van der Waals surface area contributed by atoms with E-state index in [4.69, 9.17) is 22.6 Å². The molecule has 1 aromatic heterocycles. The Labute approximate surface area is 151 Å². The number of carbonyl (C=O) groups excluding carboxylic acids is 1. The van der Waals surface area contributed by atoms with Crippen molar-refractivity contribution < 1.29 is 4.79 Å². The second kappa shape index (κ2) is 7.49. The van der Waals surface area contributed by atoms with Gasteiger partial charge in [0.2, 0.25) is 11.9 Å². The molecule has 1 saturated heterocycles. The Balaban J connectivity index is 1.63. The SMILES string of the molecule is N#Cc1cnc(N2CCC(c3ccc([CH]C(N)=O)cc3)CC2)nc1Cl. The van der Waals surface area contributed by atoms with Crippen LogP contribution in [0.15, 0.2) is 30.5 Å². The molecule has 127 valence electrons. The Bertz CT molecular complexity index is 807. The number of primary amides is 1. The predicted octanol–water partition coefficient (Wildman–Crippen LogP) is 2.42. The van der Waals surface area contributed by atoms with Crippen LogP contribution in [-0.2, 0) is 4.79 Å². The number of nitrogens with zero attached hydrogens (tertiary/aromatic N) is 4. The van der Waals surface area contributed by atoms with Crippen molar-refractivity contribution >= 4 is 23.5 Å². The van der Waals surface area contributed by atoms with E-state index in [9.17, 15) is 4.79 Å². The topological polar surface area (TPSA) is 95.9 Å². The van der Waals surface area contributed by atoms with Crippen LogP contribution >= 0.6 is 11.6 Å². The normalized spacial score (nSPS) is 15.0. The van der Waals surface area contributed by atoms with Gasteiger partial charge in [0.15, 0.2) is 5.15 Å². The summed E-state index contributed by atoms with van der Waals surface area (Å²) < 4.78 is 0. The third-order valence-corrected chi connectivity index (χ3v) is 4.63. The van der Waals surface area contributed by atoms with Crippen LogP contribution in [0.2, 0.25) is 5.15 Å². The molecule has 3 rings (SSSR count). The van der Waals surface area contributed by atoms with Crippen LogP contribution in [0.4, 0.5) is 5.95 Å². The fraction of sp³-hybridized carbons (Fsp3) is 0.278. The van der Waals surface area contributed by atoms with Gasteiger partial charge in [0.1, 0.15) is 11.6 Å². The van der Waals surface area contributed by atoms with Crippen molar-refractivity contribution in [1.29, 1.82) is 5.26 Å². The monoisotopic (exact) mass is 354 g/mol. The molecule has 0 atom stereocenters. The minimum absolute atomic E-state index is 0.191. The van der Waals surface area contributed by atoms with E-state index in [2.05, 4.69) is 14.9 Å². The molecule has 1 aliphatic rings. The van der Waals surface area contributed by atoms with Crippen molar-refractivity contribution in [2.45, 2.75) is 18.8 Å². The third-order valence-electron chi connectivity index (χ3n) is 4.34. The highest BCUT2D eigenvalue weighted by Crippen LogP contribution is 2.30. The number of hydrogen-bond donors (Lipinski definition) is 1. The van der Waals surface area contributed by atoms with E-state index in [1.54, 1.807) is 0 Å². The smallest absolute Gasteiger partial charge is 0.226 e. The van der Waals surface area contributed by atoms with Gasteiger partial charge in [-0.05, 0) is 29.9 Å². The quantitative estimate of drug-likeness (QED) is 0.850. The maximum Gasteiger partial charge on any atom is 0.226 e. The molecule has 2 N–H and O–H groups in total. The first kappa shape index (κ1) is 17.2. The molecule has 7 heteroatoms. The Kier molecular flexibility index (Phi) is 5.15. The highest BCUT2D eigenvalue weighted by molar-refractivity contribution is 6.30. The van der Waals surface area contributed by atoms with Gasteiger partial charge in [-0.2, -0.15) is 10.2 Å². The van der Waals surface area contributed by atoms with E-state index in [0.717, 1.165) is 31.5 Å². The molecule has 0 spiro atoms. The zero-order valence-electron chi connectivity index (χ0n) is 13.5. The van der Waals surface area contributed by atoms with Crippen LogP contribution in [0.25, 0.3) is 0 Å². The zero-order chi connectivity index (χ0) is 17.8. The van der Waals surface area contributed by atoms with Gasteiger partial charge >= 0.3 is 0 Å². The molecule has 2 heterocycles. The summed E-state index contributed by atoms with van der Waals surface area (Å²) in [7, 11) is 0. The van der Waals surface area contributed by atoms with Gasteiger partial charge in [-0.1, -0.05) is 35.9 Å². The maximum absolute atomic E-state index is 10.9. The lowest BCUT2D eigenvalue weighted by molar-refractivity contribution is -0.114. The van der Waals surface area contributed by atoms with Gasteiger partial charge < -0.3 is 10.6 Å². The highest BCUT2D eigenvalue weighted by atomic mass is 35.5. The first-order valence-electron chi connectivity index (χ1n) is 7.98. The van der Waals surface area contributed by atoms with Crippen molar-refractivity contribution in [2.24, 2.45) is 5.73 Å². The summed E-state index contributed by atoms with van der Waals surface area (Å²) in [5, 5.41) is 9.08. The number of carbonyl (C=O) groups is 1. The minimum atomic E-state index is -0.442. The second-order valence-electron chi connectivity index (χ2n) is 5.96. The summed E-state index contributed by atoms with van der Waals surface area (Å²) in [6.45, 7) is 1.64. The lowest BCUT2D eigenvalue weighted by Gasteiger charge is -2.32. The van der Waals surface area contributed by atoms with Crippen LogP contribution < -0.4 is 10.6 Å². The number of aromatic nitrogens is 2. The van der Waals surface area contributed by atoms with Gasteiger partial charge in [0.25, 0.3) is 0 Å². The number of hydrogen-bond acceptors (Lipinski definition) is 5. The molecule has 25 heavy (non-hydrogen) atoms. The summed E-state index contributed by atoms with van der Waals surface area (Å²) in [5.41, 5.74) is 7.52. The molecule has 6 nitrogen and oxygen atoms in total. The molecule has 0 aliphatic carbocycles. The van der Waals surface area contributed by atoms with E-state index in [0.29, 0.717) is 11.9 Å². The number of amides is 1. The first-order valence-corrected chi connectivity index (χ1v) is 8.36. The summed E-state index contributed by atoms with van der Waals surface area (Å²) in [6.07, 6.45) is 4.82. The van der Waals surface area contributed by atoms with Crippen molar-refractivity contribution in [3.05, 3.63) is 58.7 Å². The molecule has 1 radical (unpaired) electrons. The maximum atomic E-state index is 10.9. The van der Waals surface area contributed by atoms with E-state index in [1.165, 1.54) is 18.2 Å². The minimum Gasteiger partial charge on any atom is -0.369 e. The van der Waals surface area contributed by atoms with Gasteiger partial charge in [-0.25, -0.2) is 4.98 Å². The Hall–Kier alpha value is -2.65. The molecular weight excluding hydrogens is 338 g/mol. The van der Waals surface area contributed by atoms with Gasteiger partial charge in [0, 0.05) is 13.1 Å². The predicted molar refractivity (Wildman–Crippen MR) is 95.0 cm³/mol. The fourth-order valence-electron chi connectivity index (χ4n) is 3.02. The largest absolute Gasteiger partial charge is 0.369 e. The van der Waals surface area contributed by atoms with E-state index < -0.39 is 5.91 Å². The zero-order valence-corrected chi connectivity index (χ0v) is 14.3. The number of benzene rings is 1. The molecule has 0 unspecified atom stereocenters. The third kappa shape index (κ3) is 4.06. The average molecular weight is 355 g/mol. The van der Waals surface area contributed by atoms with Crippen LogP contribution in [0.3, 0.4) is 0 Å². The van der Waals surface area contributed by atoms with Crippen LogP contribution in [-0.4, -0.2) is 29.0 Å². The lowest BCUT2D eigenvalue weighted by atomic mass is 9.89. The first-order chi connectivity index (χ1) is 12.1. The molecular formula is C18H17ClN5O. The number of anilines is 1. The molecule has 1 amide bonds. The van der Waals surface area contributed by atoms with Crippen molar-refractivity contribution in [3.8, 4) is 6.07 Å². The standard InChI is InChI=1S/C18H17ClN5O/c19-17-15(10-20)11-22-18(23-17)24-7-5-14(6-8-24)13-3-1-12(2-4-13)9-16(21)25/h1-4,9,11,14H,5-8H2,(H2,21,25). The average Bonchev–Trinajstić information content (AvgIpc) is 2.62. The van der Waals surface area contributed by atoms with Crippen LogP contribution in [0.1, 0.15) is 35.4 Å². The van der Waals surface area contributed by atoms with Gasteiger partial charge in [0.05, 0.1) is 12.6 Å². The number of halogens is 1. The number of rotatable bonds is 4. The van der Waals surface area contributed by atoms with Crippen molar-refractivity contribution in [2.75, 3.05) is 18.0 Å². The van der Waals surface area contributed by atoms with E-state index >= 15 is 0 Å². The summed E-state index contributed by atoms with van der Waals surface area (Å²) in [6, 6.07) is 9.88. The van der Waals surface area contributed by atoms with E-state index in [-0.39, 0.29) is 10.7 Å². The van der Waals surface area contributed by atoms with E-state index in [1.807, 2.05) is 30.3 Å². The number of nitriles is 1. The van der Waals surface area contributed by atoms with Gasteiger partial charge in [-0.3, -0.25) is 4.79 Å². The fourth-order valence-corrected chi connectivity index (χ4v) is 3.19. The molecule has 1 aromatic carbocycles. The molecule has 1 fully saturated rings. The Morgan fingerprint density at radius 1 is 1.32 bits per heavy atom. The molecule has 2 aromatic rings. The molecule has 0 bridgehead atoms. The van der Waals surface area contributed by atoms with Crippen LogP contribution in [0, 0.1) is 17.8 Å². The highest BCUT2D eigenvalue weighted by Gasteiger charge is 2.22. The molecule has 0 saturated carbocycles. The lowest BCUT2D eigenvalue weighted by Crippen LogP contribution is -2.34. The summed E-state index contributed by atoms with van der Waals surface area (Å²) >= 11 is 5.99. The van der Waals surface area contributed by atoms with Crippen LogP contribution in [0.5, 0.6) is 0 Å².